The number of hydrogen-bond acceptors (Lipinski definition) is 15. The molecular formula is C27H50IN6O23P. The van der Waals surface area contributed by atoms with Crippen molar-refractivity contribution < 1.29 is 112 Å². The third-order valence-electron chi connectivity index (χ3n) is 4.18. The predicted octanol–water partition coefficient (Wildman–Crippen LogP) is -4.55. The van der Waals surface area contributed by atoms with Gasteiger partial charge in [-0.1, -0.05) is 14.9 Å². The van der Waals surface area contributed by atoms with Gasteiger partial charge in [-0.25, -0.2) is 0 Å². The molecule has 0 bridgehead atoms. The van der Waals surface area contributed by atoms with Gasteiger partial charge in [-0.05, 0) is 0 Å². The van der Waals surface area contributed by atoms with Crippen LogP contribution in [0.25, 0.3) is 0 Å². The Hall–Kier alpha value is -5.62. The summed E-state index contributed by atoms with van der Waals surface area (Å²) in [6.45, 7) is 5.68. The number of aliphatic carboxylic acids is 7. The van der Waals surface area contributed by atoms with Gasteiger partial charge in [0.1, 0.15) is 39.5 Å². The summed E-state index contributed by atoms with van der Waals surface area (Å²) >= 11 is 0. The Morgan fingerprint density at radius 1 is 0.724 bits per heavy atom. The molecular weight excluding hydrogens is 934 g/mol. The summed E-state index contributed by atoms with van der Waals surface area (Å²) in [7, 11) is -4.10. The van der Waals surface area contributed by atoms with Gasteiger partial charge in [0.2, 0.25) is 23.6 Å². The Bertz CT molecular complexity index is 1290. The van der Waals surface area contributed by atoms with E-state index in [9.17, 15) is 57.3 Å². The van der Waals surface area contributed by atoms with Gasteiger partial charge in [0.15, 0.2) is 0 Å². The van der Waals surface area contributed by atoms with Crippen molar-refractivity contribution in [3.8, 4) is 0 Å². The van der Waals surface area contributed by atoms with E-state index >= 15 is 0 Å². The molecule has 0 radical (unpaired) electrons. The second-order valence-corrected chi connectivity index (χ2v) is 10.6. The van der Waals surface area contributed by atoms with E-state index in [4.69, 9.17) is 55.0 Å². The fourth-order valence-electron chi connectivity index (χ4n) is 2.30. The molecule has 29 nitrogen and oxygen atoms in total. The van der Waals surface area contributed by atoms with Gasteiger partial charge in [0.05, 0.1) is 32.5 Å². The number of piperazine rings is 1. The fraction of sp³-hybridized carbons (Fsp3) is 0.519. The second kappa shape index (κ2) is 45.8. The van der Waals surface area contributed by atoms with Gasteiger partial charge >= 0.3 is 60.7 Å². The summed E-state index contributed by atoms with van der Waals surface area (Å²) in [5, 5.41) is 65.4. The quantitative estimate of drug-likeness (QED) is 0.0300. The summed E-state index contributed by atoms with van der Waals surface area (Å²) < 4.78 is 17.6. The Morgan fingerprint density at radius 3 is 1.34 bits per heavy atom. The van der Waals surface area contributed by atoms with E-state index in [0.717, 1.165) is 16.7 Å². The average Bonchev–Trinajstić information content (AvgIpc) is 3.03. The van der Waals surface area contributed by atoms with Gasteiger partial charge in [-0.15, -0.1) is 24.0 Å². The number of amides is 4. The van der Waals surface area contributed by atoms with E-state index < -0.39 is 87.8 Å². The molecule has 1 aliphatic heterocycles. The van der Waals surface area contributed by atoms with Gasteiger partial charge in [-0.2, -0.15) is 0 Å². The number of nitrogens with zero attached hydrogens (tertiary/aromatic N) is 2. The van der Waals surface area contributed by atoms with E-state index in [1.54, 1.807) is 0 Å². The summed E-state index contributed by atoms with van der Waals surface area (Å²) in [4.78, 5) is 138. The van der Waals surface area contributed by atoms with Crippen LogP contribution >= 0.6 is 31.6 Å². The maximum atomic E-state index is 10.9. The van der Waals surface area contributed by atoms with Crippen LogP contribution in [-0.4, -0.2) is 193 Å². The monoisotopic (exact) mass is 984 g/mol. The van der Waals surface area contributed by atoms with Crippen LogP contribution in [0.1, 0.15) is 28.7 Å². The molecule has 1 fully saturated rings. The Kier molecular flexibility index (Phi) is 58.0. The number of nitrogens with one attached hydrogen (secondary N) is 4. The number of hydrogen-bond donors (Lipinski definition) is 13. The molecule has 1 rings (SSSR count). The predicted molar refractivity (Wildman–Crippen MR) is 202 cm³/mol. The minimum atomic E-state index is -4.10. The van der Waals surface area contributed by atoms with Crippen LogP contribution in [0.3, 0.4) is 0 Å². The van der Waals surface area contributed by atoms with E-state index in [1.807, 2.05) is 6.79 Å². The summed E-state index contributed by atoms with van der Waals surface area (Å²) in [5.41, 5.74) is 0. The van der Waals surface area contributed by atoms with Crippen molar-refractivity contribution in [2.24, 2.45) is 0 Å². The van der Waals surface area contributed by atoms with Crippen LogP contribution in [0.4, 0.5) is 0 Å². The molecule has 1 heterocycles. The number of carbonyl (C=O) groups is 12. The fourth-order valence-corrected chi connectivity index (χ4v) is 2.70. The SMILES string of the molecule is C.C.C=O.CC(=O)N(CC(=O)O)CC(=O)O.CC(=O)NCC(=O)O.I.O=C(O)CN1CC(=O)NCC1=O.O=C(O)CNCC(=O)O.O=C(O)CNCP(=O)(O)O.[C-]#[O+]. The van der Waals surface area contributed by atoms with Crippen molar-refractivity contribution in [3.63, 3.8) is 0 Å². The first-order chi connectivity index (χ1) is 25.2. The second-order valence-electron chi connectivity index (χ2n) is 8.92. The molecule has 0 aliphatic carbocycles. The molecule has 0 aromatic rings. The molecule has 4 amide bonds. The minimum absolute atomic E-state index is 0. The van der Waals surface area contributed by atoms with Crippen LogP contribution in [0, 0.1) is 6.65 Å². The molecule has 0 atom stereocenters. The topological polar surface area (TPSA) is 478 Å². The van der Waals surface area contributed by atoms with Crippen LogP contribution in [0.2, 0.25) is 0 Å². The van der Waals surface area contributed by atoms with Crippen molar-refractivity contribution in [1.82, 2.24) is 31.1 Å². The zero-order valence-corrected chi connectivity index (χ0v) is 32.5. The molecule has 0 spiro atoms. The number of rotatable bonds is 16. The molecule has 13 N–H and O–H groups in total. The number of carboxylic acid groups (broad SMARTS) is 7. The number of halogens is 1. The van der Waals surface area contributed by atoms with Crippen molar-refractivity contribution in [1.29, 1.82) is 0 Å². The van der Waals surface area contributed by atoms with E-state index in [0.29, 0.717) is 0 Å². The molecule has 1 aliphatic rings. The van der Waals surface area contributed by atoms with Crippen molar-refractivity contribution >= 4 is 104 Å². The van der Waals surface area contributed by atoms with E-state index in [2.05, 4.69) is 27.9 Å². The van der Waals surface area contributed by atoms with Crippen molar-refractivity contribution in [2.45, 2.75) is 28.7 Å². The van der Waals surface area contributed by atoms with Crippen LogP contribution in [-0.2, 0) is 66.8 Å². The van der Waals surface area contributed by atoms with Crippen LogP contribution in [0.5, 0.6) is 0 Å². The molecule has 31 heteroatoms. The Labute approximate surface area is 347 Å². The van der Waals surface area contributed by atoms with Gasteiger partial charge < -0.3 is 70.8 Å². The standard InChI is InChI=1S/C6H8N2O4.C6H9NO5.C4H7NO4.C4H7NO3.C3H8NO5P.CH2O.CO.2CH4.HI/c9-4-2-8(3-6(11)12)5(10)1-7-4;1-4(8)7(2-5(9)10)3-6(11)12;6-3(7)1-5-2-4(8)9;1-3(6)5-2-4(7)8;5-3(6)1-4-2-10(7,8)9;2*1-2;;;/h1-3H2,(H,7,9)(H,11,12);2-3H2,1H3,(H,9,10)(H,11,12);5H,1-2H2,(H,6,7)(H,8,9);2H2,1H3,(H,5,6)(H,7,8);4H,1-2H2,(H,5,6)(H2,7,8,9);1H2;;2*1H4;1H. The first kappa shape index (κ1) is 73.5. The molecule has 0 unspecified atom stereocenters. The third kappa shape index (κ3) is 71.7. The van der Waals surface area contributed by atoms with Crippen LogP contribution < -0.4 is 21.3 Å². The molecule has 338 valence electrons. The molecule has 0 aromatic heterocycles. The average molecular weight is 985 g/mol. The van der Waals surface area contributed by atoms with Crippen molar-refractivity contribution in [2.75, 3.05) is 65.2 Å². The first-order valence-electron chi connectivity index (χ1n) is 13.7. The summed E-state index contributed by atoms with van der Waals surface area (Å²) in [5.74, 6) is -9.45. The number of carboxylic acids is 7. The van der Waals surface area contributed by atoms with Gasteiger partial charge in [-0.3, -0.25) is 67.9 Å². The molecule has 0 aromatic carbocycles. The van der Waals surface area contributed by atoms with E-state index in [1.165, 1.54) is 6.92 Å². The van der Waals surface area contributed by atoms with Gasteiger partial charge in [0, 0.05) is 13.8 Å². The number of carbonyl (C=O) groups excluding carboxylic acids is 5. The van der Waals surface area contributed by atoms with Crippen LogP contribution in [0.15, 0.2) is 0 Å². The summed E-state index contributed by atoms with van der Waals surface area (Å²) in [6, 6.07) is 0. The summed E-state index contributed by atoms with van der Waals surface area (Å²) in [6.07, 6.45) is -0.598. The van der Waals surface area contributed by atoms with E-state index in [-0.39, 0.29) is 89.3 Å². The molecule has 1 saturated heterocycles. The Morgan fingerprint density at radius 2 is 1.09 bits per heavy atom. The van der Waals surface area contributed by atoms with Crippen molar-refractivity contribution in [3.05, 3.63) is 6.65 Å². The zero-order chi connectivity index (χ0) is 44.9. The Balaban J connectivity index is -0.0000000719. The first-order valence-corrected chi connectivity index (χ1v) is 15.5. The third-order valence-corrected chi connectivity index (χ3v) is 4.82. The van der Waals surface area contributed by atoms with Gasteiger partial charge in [0.25, 0.3) is 0 Å². The zero-order valence-electron chi connectivity index (χ0n) is 29.3. The molecule has 58 heavy (non-hydrogen) atoms. The normalized spacial score (nSPS) is 10.1. The molecule has 0 saturated carbocycles. The maximum absolute atomic E-state index is 10.9.